The Labute approximate surface area is 180 Å². The largest absolute Gasteiger partial charge is 0.461 e. The van der Waals surface area contributed by atoms with Crippen LogP contribution in [0.5, 0.6) is 5.75 Å². The third-order valence-corrected chi connectivity index (χ3v) is 5.56. The summed E-state index contributed by atoms with van der Waals surface area (Å²) in [5.41, 5.74) is 6.90. The number of nitrogens with zero attached hydrogens (tertiary/aromatic N) is 3. The van der Waals surface area contributed by atoms with Crippen LogP contribution in [-0.4, -0.2) is 52.4 Å². The van der Waals surface area contributed by atoms with Gasteiger partial charge in [-0.1, -0.05) is 11.8 Å². The highest BCUT2D eigenvalue weighted by Gasteiger charge is 2.35. The first-order chi connectivity index (χ1) is 14.9. The molecule has 3 heterocycles. The number of hydrogen-bond donors (Lipinski definition) is 2. The topological polar surface area (TPSA) is 112 Å². The Balaban J connectivity index is 1.76. The molecule has 31 heavy (non-hydrogen) atoms. The van der Waals surface area contributed by atoms with Crippen LogP contribution in [0.2, 0.25) is 0 Å². The van der Waals surface area contributed by atoms with E-state index < -0.39 is 24.6 Å². The summed E-state index contributed by atoms with van der Waals surface area (Å²) in [5, 5.41) is 2.57. The third-order valence-electron chi connectivity index (χ3n) is 4.48. The lowest BCUT2D eigenvalue weighted by Crippen LogP contribution is -2.37. The zero-order chi connectivity index (χ0) is 22.4. The number of nitrogens with one attached hydrogen (secondary N) is 1. The molecule has 0 aromatic carbocycles. The van der Waals surface area contributed by atoms with Crippen molar-refractivity contribution in [2.75, 3.05) is 18.8 Å². The smallest absolute Gasteiger partial charge is 0.345 e. The first-order valence-corrected chi connectivity index (χ1v) is 10.1. The second-order valence-corrected chi connectivity index (χ2v) is 7.80. The standard InChI is InChI=1S/C19H20F3N5O3S/c1-10-16(15(8-29-18(21)22)31-19(23)26-10)14-6-11(4-5-24-14)27-17(28)13-3-2-12(7-25-13)30-9-20/h2-7,10,15-16,18H,8-9H2,1H3,(H2,23,26)(H,24,27,28)/t10-,15+,16?/m0/s1. The van der Waals surface area contributed by atoms with Crippen LogP contribution in [0.1, 0.15) is 29.0 Å². The molecule has 1 aliphatic rings. The fourth-order valence-corrected chi connectivity index (χ4v) is 4.36. The summed E-state index contributed by atoms with van der Waals surface area (Å²) in [6, 6.07) is 5.74. The number of alkyl halides is 3. The summed E-state index contributed by atoms with van der Waals surface area (Å²) in [6.45, 7) is -2.32. The molecule has 3 atom stereocenters. The molecular formula is C19H20F3N5O3S. The zero-order valence-electron chi connectivity index (χ0n) is 16.4. The molecule has 0 radical (unpaired) electrons. The number of anilines is 1. The summed E-state index contributed by atoms with van der Waals surface area (Å²) in [7, 11) is 0. The minimum absolute atomic E-state index is 0.103. The SMILES string of the molecule is C[C@@H]1N=C(N)S[C@H](COC(F)F)C1c1cc(NC(=O)c2ccc(OCF)cn2)ccn1. The van der Waals surface area contributed by atoms with Crippen LogP contribution in [0, 0.1) is 0 Å². The number of ether oxygens (including phenoxy) is 2. The van der Waals surface area contributed by atoms with Crippen LogP contribution in [-0.2, 0) is 4.74 Å². The molecule has 166 valence electrons. The molecule has 0 saturated heterocycles. The maximum atomic E-state index is 12.6. The fraction of sp³-hybridized carbons (Fsp3) is 0.368. The number of thioether (sulfide) groups is 1. The van der Waals surface area contributed by atoms with Crippen molar-refractivity contribution >= 4 is 28.5 Å². The van der Waals surface area contributed by atoms with Gasteiger partial charge in [0.05, 0.1) is 18.8 Å². The average molecular weight is 455 g/mol. The molecule has 1 aliphatic heterocycles. The van der Waals surface area contributed by atoms with Crippen LogP contribution in [0.3, 0.4) is 0 Å². The van der Waals surface area contributed by atoms with E-state index >= 15 is 0 Å². The monoisotopic (exact) mass is 455 g/mol. The number of amides is 1. The molecule has 0 fully saturated rings. The number of halogens is 3. The van der Waals surface area contributed by atoms with Gasteiger partial charge in [0.1, 0.15) is 11.4 Å². The summed E-state index contributed by atoms with van der Waals surface area (Å²) in [5.74, 6) is -0.649. The highest BCUT2D eigenvalue weighted by atomic mass is 32.2. The molecule has 1 amide bonds. The van der Waals surface area contributed by atoms with Crippen LogP contribution in [0.25, 0.3) is 0 Å². The van der Waals surface area contributed by atoms with Crippen molar-refractivity contribution in [3.8, 4) is 5.75 Å². The number of carbonyl (C=O) groups is 1. The molecule has 0 bridgehead atoms. The Morgan fingerprint density at radius 1 is 1.32 bits per heavy atom. The normalized spacial score (nSPS) is 20.9. The van der Waals surface area contributed by atoms with Crippen molar-refractivity contribution < 1.29 is 27.4 Å². The summed E-state index contributed by atoms with van der Waals surface area (Å²) in [4.78, 5) is 25.1. The van der Waals surface area contributed by atoms with Gasteiger partial charge in [-0.2, -0.15) is 8.78 Å². The first-order valence-electron chi connectivity index (χ1n) is 9.19. The number of amidine groups is 1. The Morgan fingerprint density at radius 3 is 2.81 bits per heavy atom. The van der Waals surface area contributed by atoms with Crippen molar-refractivity contribution in [3.63, 3.8) is 0 Å². The number of carbonyl (C=O) groups excluding carboxylic acids is 1. The van der Waals surface area contributed by atoms with Gasteiger partial charge in [0.15, 0.2) is 5.17 Å². The number of pyridine rings is 2. The van der Waals surface area contributed by atoms with E-state index in [4.69, 9.17) is 5.73 Å². The first kappa shape index (κ1) is 22.8. The van der Waals surface area contributed by atoms with E-state index in [-0.39, 0.29) is 30.0 Å². The van der Waals surface area contributed by atoms with Crippen LogP contribution in [0.4, 0.5) is 18.9 Å². The third kappa shape index (κ3) is 6.07. The quantitative estimate of drug-likeness (QED) is 0.629. The van der Waals surface area contributed by atoms with Crippen LogP contribution in [0.15, 0.2) is 41.7 Å². The number of hydrogen-bond acceptors (Lipinski definition) is 8. The Hall–Kier alpha value is -2.86. The van der Waals surface area contributed by atoms with Crippen LogP contribution < -0.4 is 15.8 Å². The molecule has 0 aliphatic carbocycles. The van der Waals surface area contributed by atoms with E-state index in [1.807, 2.05) is 6.92 Å². The fourth-order valence-electron chi connectivity index (χ4n) is 3.16. The lowest BCUT2D eigenvalue weighted by atomic mass is 9.93. The van der Waals surface area contributed by atoms with Gasteiger partial charge in [-0.05, 0) is 31.2 Å². The van der Waals surface area contributed by atoms with Crippen LogP contribution >= 0.6 is 11.8 Å². The van der Waals surface area contributed by atoms with E-state index in [0.717, 1.165) is 11.8 Å². The van der Waals surface area contributed by atoms with Crippen molar-refractivity contribution in [2.45, 2.75) is 30.7 Å². The molecule has 0 spiro atoms. The van der Waals surface area contributed by atoms with Gasteiger partial charge < -0.3 is 20.5 Å². The zero-order valence-corrected chi connectivity index (χ0v) is 17.2. The predicted octanol–water partition coefficient (Wildman–Crippen LogP) is 3.18. The Morgan fingerprint density at radius 2 is 2.13 bits per heavy atom. The minimum Gasteiger partial charge on any atom is -0.461 e. The molecular weight excluding hydrogens is 435 g/mol. The van der Waals surface area contributed by atoms with E-state index in [1.54, 1.807) is 12.1 Å². The minimum atomic E-state index is -2.90. The molecule has 0 saturated carbocycles. The summed E-state index contributed by atoms with van der Waals surface area (Å²) >= 11 is 1.15. The average Bonchev–Trinajstić information content (AvgIpc) is 2.72. The predicted molar refractivity (Wildman–Crippen MR) is 110 cm³/mol. The molecule has 1 unspecified atom stereocenters. The van der Waals surface area contributed by atoms with Gasteiger partial charge in [-0.3, -0.25) is 14.8 Å². The molecule has 2 aromatic rings. The lowest BCUT2D eigenvalue weighted by molar-refractivity contribution is -0.129. The van der Waals surface area contributed by atoms with Crippen molar-refractivity contribution in [1.82, 2.24) is 9.97 Å². The second-order valence-electron chi connectivity index (χ2n) is 6.54. The van der Waals surface area contributed by atoms with Crippen molar-refractivity contribution in [1.29, 1.82) is 0 Å². The maximum absolute atomic E-state index is 12.6. The summed E-state index contributed by atoms with van der Waals surface area (Å²) < 4.78 is 46.5. The molecule has 8 nitrogen and oxygen atoms in total. The number of aromatic nitrogens is 2. The molecule has 3 rings (SSSR count). The number of aliphatic imine (C=N–C) groups is 1. The van der Waals surface area contributed by atoms with Gasteiger partial charge in [0.2, 0.25) is 6.86 Å². The molecule has 2 aromatic heterocycles. The highest BCUT2D eigenvalue weighted by molar-refractivity contribution is 8.14. The van der Waals surface area contributed by atoms with E-state index in [2.05, 4.69) is 29.8 Å². The van der Waals surface area contributed by atoms with Gasteiger partial charge in [0, 0.05) is 28.7 Å². The Kier molecular flexibility index (Phi) is 7.69. The molecule has 12 heteroatoms. The van der Waals surface area contributed by atoms with Gasteiger partial charge in [0.25, 0.3) is 5.91 Å². The summed E-state index contributed by atoms with van der Waals surface area (Å²) in [6.07, 6.45) is 2.74. The Bertz CT molecular complexity index is 932. The van der Waals surface area contributed by atoms with Crippen molar-refractivity contribution in [2.24, 2.45) is 10.7 Å². The maximum Gasteiger partial charge on any atom is 0.345 e. The number of rotatable bonds is 8. The van der Waals surface area contributed by atoms with Crippen molar-refractivity contribution in [3.05, 3.63) is 48.0 Å². The van der Waals surface area contributed by atoms with E-state index in [0.29, 0.717) is 16.5 Å². The molecule has 3 N–H and O–H groups in total. The van der Waals surface area contributed by atoms with E-state index in [9.17, 15) is 18.0 Å². The lowest BCUT2D eigenvalue weighted by Gasteiger charge is -2.32. The van der Waals surface area contributed by atoms with Gasteiger partial charge >= 0.3 is 6.61 Å². The van der Waals surface area contributed by atoms with Gasteiger partial charge in [-0.15, -0.1) is 0 Å². The number of nitrogens with two attached hydrogens (primary N) is 1. The van der Waals surface area contributed by atoms with E-state index in [1.165, 1.54) is 24.5 Å². The van der Waals surface area contributed by atoms with Gasteiger partial charge in [-0.25, -0.2) is 9.37 Å². The highest BCUT2D eigenvalue weighted by Crippen LogP contribution is 2.37. The second kappa shape index (κ2) is 10.4.